The van der Waals surface area contributed by atoms with E-state index < -0.39 is 5.97 Å². The van der Waals surface area contributed by atoms with Crippen molar-refractivity contribution in [1.29, 1.82) is 0 Å². The lowest BCUT2D eigenvalue weighted by atomic mass is 10.4. The van der Waals surface area contributed by atoms with Gasteiger partial charge in [-0.3, -0.25) is 14.3 Å². The second-order valence-corrected chi connectivity index (χ2v) is 4.45. The van der Waals surface area contributed by atoms with Gasteiger partial charge in [-0.25, -0.2) is 0 Å². The monoisotopic (exact) mass is 276 g/mol. The first-order chi connectivity index (χ1) is 9.56. The molecular formula is C13H16N4O3. The Kier molecular flexibility index (Phi) is 4.19. The number of carbonyl (C=O) groups is 2. The fourth-order valence-electron chi connectivity index (χ4n) is 1.87. The Balaban J connectivity index is 1.88. The maximum atomic E-state index is 11.9. The summed E-state index contributed by atoms with van der Waals surface area (Å²) in [6.07, 6.45) is 5.21. The van der Waals surface area contributed by atoms with Crippen LogP contribution in [0.25, 0.3) is 0 Å². The van der Waals surface area contributed by atoms with E-state index in [0.717, 1.165) is 5.56 Å². The number of hydrogen-bond acceptors (Lipinski definition) is 3. The van der Waals surface area contributed by atoms with E-state index in [2.05, 4.69) is 10.4 Å². The molecule has 1 amide bonds. The predicted molar refractivity (Wildman–Crippen MR) is 71.4 cm³/mol. The molecule has 2 aromatic heterocycles. The van der Waals surface area contributed by atoms with Crippen molar-refractivity contribution in [2.45, 2.75) is 20.0 Å². The van der Waals surface area contributed by atoms with Crippen LogP contribution < -0.4 is 5.32 Å². The molecule has 7 heteroatoms. The van der Waals surface area contributed by atoms with Gasteiger partial charge in [-0.1, -0.05) is 0 Å². The van der Waals surface area contributed by atoms with E-state index in [1.54, 1.807) is 29.2 Å². The minimum Gasteiger partial charge on any atom is -0.480 e. The lowest BCUT2D eigenvalue weighted by Gasteiger charge is -2.08. The minimum absolute atomic E-state index is 0.228. The summed E-state index contributed by atoms with van der Waals surface area (Å²) in [4.78, 5) is 22.6. The molecule has 0 unspecified atom stereocenters. The van der Waals surface area contributed by atoms with Crippen molar-refractivity contribution in [2.75, 3.05) is 6.54 Å². The Hall–Kier alpha value is -2.57. The second kappa shape index (κ2) is 6.05. The standard InChI is InChI=1S/C13H16N4O3/c1-10-7-15-17(8-10)6-4-14-13(20)11-3-2-5-16(11)9-12(18)19/h2-3,5,7-8H,4,6,9H2,1H3,(H,14,20)(H,18,19). The van der Waals surface area contributed by atoms with Gasteiger partial charge in [0, 0.05) is 18.9 Å². The largest absolute Gasteiger partial charge is 0.480 e. The highest BCUT2D eigenvalue weighted by Gasteiger charge is 2.12. The van der Waals surface area contributed by atoms with Crippen LogP contribution in [0, 0.1) is 6.92 Å². The van der Waals surface area contributed by atoms with Gasteiger partial charge in [0.1, 0.15) is 12.2 Å². The number of nitrogens with one attached hydrogen (secondary N) is 1. The third-order valence-corrected chi connectivity index (χ3v) is 2.76. The Morgan fingerprint density at radius 2 is 2.25 bits per heavy atom. The van der Waals surface area contributed by atoms with Gasteiger partial charge in [-0.15, -0.1) is 0 Å². The third kappa shape index (κ3) is 3.47. The zero-order valence-corrected chi connectivity index (χ0v) is 11.1. The van der Waals surface area contributed by atoms with Crippen LogP contribution >= 0.6 is 0 Å². The molecule has 0 aromatic carbocycles. The van der Waals surface area contributed by atoms with Crippen molar-refractivity contribution < 1.29 is 14.7 Å². The first-order valence-corrected chi connectivity index (χ1v) is 6.20. The molecule has 0 aliphatic rings. The fraction of sp³-hybridized carbons (Fsp3) is 0.308. The molecule has 2 aromatic rings. The van der Waals surface area contributed by atoms with Crippen LogP contribution in [0.5, 0.6) is 0 Å². The molecule has 2 N–H and O–H groups in total. The highest BCUT2D eigenvalue weighted by atomic mass is 16.4. The number of aromatic nitrogens is 3. The van der Waals surface area contributed by atoms with Crippen molar-refractivity contribution >= 4 is 11.9 Å². The number of amides is 1. The van der Waals surface area contributed by atoms with Gasteiger partial charge in [0.25, 0.3) is 5.91 Å². The highest BCUT2D eigenvalue weighted by Crippen LogP contribution is 2.02. The number of nitrogens with zero attached hydrogens (tertiary/aromatic N) is 3. The van der Waals surface area contributed by atoms with Gasteiger partial charge in [-0.2, -0.15) is 5.10 Å². The summed E-state index contributed by atoms with van der Waals surface area (Å²) in [7, 11) is 0. The zero-order chi connectivity index (χ0) is 14.5. The molecule has 0 aliphatic heterocycles. The van der Waals surface area contributed by atoms with Gasteiger partial charge in [0.15, 0.2) is 0 Å². The molecule has 7 nitrogen and oxygen atoms in total. The second-order valence-electron chi connectivity index (χ2n) is 4.45. The summed E-state index contributed by atoms with van der Waals surface area (Å²) in [6, 6.07) is 3.24. The van der Waals surface area contributed by atoms with Crippen LogP contribution in [0.3, 0.4) is 0 Å². The first kappa shape index (κ1) is 13.9. The van der Waals surface area contributed by atoms with E-state index in [9.17, 15) is 9.59 Å². The zero-order valence-electron chi connectivity index (χ0n) is 11.1. The number of aliphatic carboxylic acids is 1. The van der Waals surface area contributed by atoms with Crippen molar-refractivity contribution in [3.8, 4) is 0 Å². The maximum Gasteiger partial charge on any atom is 0.323 e. The van der Waals surface area contributed by atoms with E-state index in [-0.39, 0.29) is 12.5 Å². The van der Waals surface area contributed by atoms with Gasteiger partial charge < -0.3 is 15.0 Å². The summed E-state index contributed by atoms with van der Waals surface area (Å²) >= 11 is 0. The molecule has 0 spiro atoms. The fourth-order valence-corrected chi connectivity index (χ4v) is 1.87. The molecule has 20 heavy (non-hydrogen) atoms. The molecule has 0 aliphatic carbocycles. The number of aryl methyl sites for hydroxylation is 1. The van der Waals surface area contributed by atoms with Crippen LogP contribution in [0.2, 0.25) is 0 Å². The highest BCUT2D eigenvalue weighted by molar-refractivity contribution is 5.93. The van der Waals surface area contributed by atoms with Crippen LogP contribution in [-0.2, 0) is 17.9 Å². The molecule has 2 rings (SSSR count). The van der Waals surface area contributed by atoms with E-state index in [4.69, 9.17) is 5.11 Å². The first-order valence-electron chi connectivity index (χ1n) is 6.20. The Bertz CT molecular complexity index is 615. The van der Waals surface area contributed by atoms with Crippen molar-refractivity contribution in [2.24, 2.45) is 0 Å². The Morgan fingerprint density at radius 3 is 2.90 bits per heavy atom. The van der Waals surface area contributed by atoms with E-state index in [1.165, 1.54) is 4.57 Å². The molecule has 106 valence electrons. The predicted octanol–water partition coefficient (Wildman–Crippen LogP) is 0.508. The summed E-state index contributed by atoms with van der Waals surface area (Å²) in [5.74, 6) is -1.28. The van der Waals surface area contributed by atoms with Crippen LogP contribution in [0.1, 0.15) is 16.1 Å². The van der Waals surface area contributed by atoms with Crippen LogP contribution in [-0.4, -0.2) is 37.9 Å². The molecule has 0 radical (unpaired) electrons. The van der Waals surface area contributed by atoms with Gasteiger partial charge in [0.2, 0.25) is 0 Å². The van der Waals surface area contributed by atoms with Gasteiger partial charge in [-0.05, 0) is 24.6 Å². The molecule has 0 atom stereocenters. The SMILES string of the molecule is Cc1cnn(CCNC(=O)c2cccn2CC(=O)O)c1. The lowest BCUT2D eigenvalue weighted by molar-refractivity contribution is -0.137. The summed E-state index contributed by atoms with van der Waals surface area (Å²) in [5.41, 5.74) is 1.40. The summed E-state index contributed by atoms with van der Waals surface area (Å²) in [5, 5.41) is 15.6. The number of carboxylic acids is 1. The molecule has 0 fully saturated rings. The Labute approximate surface area is 115 Å². The molecule has 0 bridgehead atoms. The molecular weight excluding hydrogens is 260 g/mol. The molecule has 0 saturated heterocycles. The number of carboxylic acid groups (broad SMARTS) is 1. The molecule has 0 saturated carbocycles. The van der Waals surface area contributed by atoms with Crippen LogP contribution in [0.4, 0.5) is 0 Å². The third-order valence-electron chi connectivity index (χ3n) is 2.76. The normalized spacial score (nSPS) is 10.4. The van der Waals surface area contributed by atoms with Gasteiger partial charge in [0.05, 0.1) is 12.7 Å². The number of rotatable bonds is 6. The van der Waals surface area contributed by atoms with E-state index in [0.29, 0.717) is 18.8 Å². The van der Waals surface area contributed by atoms with Crippen molar-refractivity contribution in [1.82, 2.24) is 19.7 Å². The molecule has 2 heterocycles. The average Bonchev–Trinajstić information content (AvgIpc) is 2.98. The topological polar surface area (TPSA) is 89.2 Å². The Morgan fingerprint density at radius 1 is 1.45 bits per heavy atom. The smallest absolute Gasteiger partial charge is 0.323 e. The quantitative estimate of drug-likeness (QED) is 0.804. The van der Waals surface area contributed by atoms with Crippen molar-refractivity contribution in [3.05, 3.63) is 42.0 Å². The van der Waals surface area contributed by atoms with Gasteiger partial charge >= 0.3 is 5.97 Å². The summed E-state index contributed by atoms with van der Waals surface area (Å²) < 4.78 is 3.14. The van der Waals surface area contributed by atoms with E-state index in [1.807, 2.05) is 13.1 Å². The minimum atomic E-state index is -0.984. The van der Waals surface area contributed by atoms with Crippen LogP contribution in [0.15, 0.2) is 30.7 Å². The maximum absolute atomic E-state index is 11.9. The summed E-state index contributed by atoms with van der Waals surface area (Å²) in [6.45, 7) is 2.71. The average molecular weight is 276 g/mol. The lowest BCUT2D eigenvalue weighted by Crippen LogP contribution is -2.29. The number of carbonyl (C=O) groups excluding carboxylic acids is 1. The number of hydrogen-bond donors (Lipinski definition) is 2. The van der Waals surface area contributed by atoms with Crippen molar-refractivity contribution in [3.63, 3.8) is 0 Å². The van der Waals surface area contributed by atoms with E-state index >= 15 is 0 Å².